The summed E-state index contributed by atoms with van der Waals surface area (Å²) in [4.78, 5) is 16.2. The molecule has 0 unspecified atom stereocenters. The van der Waals surface area contributed by atoms with Gasteiger partial charge in [-0.3, -0.25) is 0 Å². The molecule has 0 atom stereocenters. The summed E-state index contributed by atoms with van der Waals surface area (Å²) in [5.74, 6) is 0.826. The number of ether oxygens (including phenoxy) is 2. The van der Waals surface area contributed by atoms with E-state index in [1.54, 1.807) is 14.2 Å². The van der Waals surface area contributed by atoms with Gasteiger partial charge in [-0.1, -0.05) is 12.1 Å². The monoisotopic (exact) mass is 429 g/mol. The molecule has 1 amide bonds. The average molecular weight is 430 g/mol. The first-order chi connectivity index (χ1) is 15.4. The number of nitrogens with zero attached hydrogens (tertiary/aromatic N) is 1. The number of anilines is 2. The van der Waals surface area contributed by atoms with Crippen molar-refractivity contribution in [2.75, 3.05) is 19.5 Å². The van der Waals surface area contributed by atoms with Crippen LogP contribution in [0.4, 0.5) is 16.2 Å². The number of methoxy groups -OCH3 is 1. The predicted molar refractivity (Wildman–Crippen MR) is 129 cm³/mol. The van der Waals surface area contributed by atoms with Crippen molar-refractivity contribution in [1.82, 2.24) is 10.3 Å². The highest BCUT2D eigenvalue weighted by molar-refractivity contribution is 6.09. The van der Waals surface area contributed by atoms with E-state index in [0.29, 0.717) is 0 Å². The molecule has 6 nitrogen and oxygen atoms in total. The maximum absolute atomic E-state index is 11.3. The van der Waals surface area contributed by atoms with Gasteiger partial charge in [0.2, 0.25) is 0 Å². The quantitative estimate of drug-likeness (QED) is 0.385. The number of amides is 1. The molecular formula is C26H27N3O3. The van der Waals surface area contributed by atoms with Crippen molar-refractivity contribution in [3.05, 3.63) is 70.8 Å². The molecule has 0 bridgehead atoms. The summed E-state index contributed by atoms with van der Waals surface area (Å²) in [7, 11) is 3.22. The second-order valence-corrected chi connectivity index (χ2v) is 7.93. The lowest BCUT2D eigenvalue weighted by molar-refractivity contribution is 0.142. The number of pyridine rings is 1. The van der Waals surface area contributed by atoms with E-state index < -0.39 is 6.09 Å². The Morgan fingerprint density at radius 1 is 0.906 bits per heavy atom. The molecular weight excluding hydrogens is 402 g/mol. The van der Waals surface area contributed by atoms with Crippen LogP contribution in [0, 0.1) is 20.8 Å². The topological polar surface area (TPSA) is 72.5 Å². The average Bonchev–Trinajstić information content (AvgIpc) is 2.79. The molecule has 0 saturated carbocycles. The number of carbonyl (C=O) groups is 1. The first-order valence-corrected chi connectivity index (χ1v) is 10.5. The molecule has 4 aromatic rings. The molecule has 164 valence electrons. The number of fused-ring (bicyclic) bond motifs is 2. The Bertz CT molecular complexity index is 1310. The summed E-state index contributed by atoms with van der Waals surface area (Å²) in [5.41, 5.74) is 8.15. The predicted octanol–water partition coefficient (Wildman–Crippen LogP) is 5.92. The molecule has 0 radical (unpaired) electrons. The van der Waals surface area contributed by atoms with Gasteiger partial charge in [-0.25, -0.2) is 9.78 Å². The lowest BCUT2D eigenvalue weighted by Gasteiger charge is -2.16. The number of nitrogens with one attached hydrogen (secondary N) is 2. The highest BCUT2D eigenvalue weighted by Gasteiger charge is 2.14. The number of rotatable bonds is 5. The van der Waals surface area contributed by atoms with E-state index in [1.165, 1.54) is 11.1 Å². The van der Waals surface area contributed by atoms with E-state index >= 15 is 0 Å². The SMILES string of the molecule is CNC(=O)OCc1ccc(Nc2c3cc(C)c(C)cc3nc3cc(C)c(OC)cc23)cc1. The lowest BCUT2D eigenvalue weighted by Crippen LogP contribution is -2.18. The van der Waals surface area contributed by atoms with Gasteiger partial charge in [-0.05, 0) is 79.4 Å². The normalized spacial score (nSPS) is 10.9. The van der Waals surface area contributed by atoms with Gasteiger partial charge in [-0.2, -0.15) is 0 Å². The second-order valence-electron chi connectivity index (χ2n) is 7.93. The van der Waals surface area contributed by atoms with E-state index in [1.807, 2.05) is 37.3 Å². The minimum Gasteiger partial charge on any atom is -0.496 e. The fourth-order valence-corrected chi connectivity index (χ4v) is 3.74. The van der Waals surface area contributed by atoms with Crippen LogP contribution in [-0.4, -0.2) is 25.2 Å². The van der Waals surface area contributed by atoms with Gasteiger partial charge in [0.15, 0.2) is 0 Å². The minimum atomic E-state index is -0.447. The molecule has 0 spiro atoms. The number of benzene rings is 3. The van der Waals surface area contributed by atoms with Crippen LogP contribution in [0.5, 0.6) is 5.75 Å². The van der Waals surface area contributed by atoms with Gasteiger partial charge in [0.25, 0.3) is 0 Å². The van der Waals surface area contributed by atoms with Crippen LogP contribution >= 0.6 is 0 Å². The number of hydrogen-bond donors (Lipinski definition) is 2. The molecule has 6 heteroatoms. The largest absolute Gasteiger partial charge is 0.496 e. The van der Waals surface area contributed by atoms with Gasteiger partial charge in [-0.15, -0.1) is 0 Å². The zero-order valence-electron chi connectivity index (χ0n) is 19.0. The first kappa shape index (κ1) is 21.4. The summed E-state index contributed by atoms with van der Waals surface area (Å²) in [6.07, 6.45) is -0.447. The van der Waals surface area contributed by atoms with Crippen molar-refractivity contribution < 1.29 is 14.3 Å². The molecule has 0 aliphatic heterocycles. The Morgan fingerprint density at radius 2 is 1.53 bits per heavy atom. The molecule has 0 saturated heterocycles. The number of alkyl carbamates (subject to hydrolysis) is 1. The van der Waals surface area contributed by atoms with Gasteiger partial charge in [0, 0.05) is 23.5 Å². The van der Waals surface area contributed by atoms with Crippen LogP contribution in [0.15, 0.2) is 48.5 Å². The molecule has 3 aromatic carbocycles. The Hall–Kier alpha value is -3.80. The third-order valence-corrected chi connectivity index (χ3v) is 5.70. The number of hydrogen-bond acceptors (Lipinski definition) is 5. The van der Waals surface area contributed by atoms with E-state index in [4.69, 9.17) is 14.5 Å². The Labute approximate surface area is 187 Å². The van der Waals surface area contributed by atoms with Crippen LogP contribution in [0.2, 0.25) is 0 Å². The number of aryl methyl sites for hydroxylation is 3. The maximum atomic E-state index is 11.3. The molecule has 1 aromatic heterocycles. The van der Waals surface area contributed by atoms with Crippen LogP contribution in [0.3, 0.4) is 0 Å². The molecule has 1 heterocycles. The summed E-state index contributed by atoms with van der Waals surface area (Å²) in [5, 5.41) is 8.09. The van der Waals surface area contributed by atoms with Gasteiger partial charge in [0.05, 0.1) is 23.8 Å². The van der Waals surface area contributed by atoms with Crippen molar-refractivity contribution in [2.45, 2.75) is 27.4 Å². The summed E-state index contributed by atoms with van der Waals surface area (Å²) in [6.45, 7) is 6.46. The third kappa shape index (κ3) is 4.17. The Morgan fingerprint density at radius 3 is 2.19 bits per heavy atom. The van der Waals surface area contributed by atoms with Gasteiger partial charge < -0.3 is 20.1 Å². The second kappa shape index (κ2) is 8.75. The van der Waals surface area contributed by atoms with Crippen molar-refractivity contribution in [1.29, 1.82) is 0 Å². The van der Waals surface area contributed by atoms with Crippen molar-refractivity contribution in [2.24, 2.45) is 0 Å². The van der Waals surface area contributed by atoms with E-state index in [-0.39, 0.29) is 6.61 Å². The van der Waals surface area contributed by atoms with Crippen LogP contribution < -0.4 is 15.4 Å². The maximum Gasteiger partial charge on any atom is 0.407 e. The van der Waals surface area contributed by atoms with E-state index in [9.17, 15) is 4.79 Å². The van der Waals surface area contributed by atoms with Crippen molar-refractivity contribution in [3.8, 4) is 5.75 Å². The summed E-state index contributed by atoms with van der Waals surface area (Å²) >= 11 is 0. The lowest BCUT2D eigenvalue weighted by atomic mass is 10.0. The van der Waals surface area contributed by atoms with Crippen molar-refractivity contribution in [3.63, 3.8) is 0 Å². The summed E-state index contributed by atoms with van der Waals surface area (Å²) in [6, 6.07) is 16.3. The molecule has 0 aliphatic carbocycles. The standard InChI is InChI=1S/C26H27N3O3/c1-15-10-20-22(11-16(15)2)29-23-12-17(3)24(31-5)13-21(23)25(20)28-19-8-6-18(7-9-19)14-32-26(30)27-4/h6-13H,14H2,1-5H3,(H,27,30)(H,28,29). The van der Waals surface area contributed by atoms with Crippen molar-refractivity contribution >= 4 is 39.3 Å². The fourth-order valence-electron chi connectivity index (χ4n) is 3.74. The zero-order valence-corrected chi connectivity index (χ0v) is 19.0. The molecule has 32 heavy (non-hydrogen) atoms. The van der Waals surface area contributed by atoms with E-state index in [2.05, 4.69) is 42.7 Å². The Balaban J connectivity index is 1.80. The number of carbonyl (C=O) groups excluding carboxylic acids is 1. The highest BCUT2D eigenvalue weighted by Crippen LogP contribution is 2.37. The number of aromatic nitrogens is 1. The van der Waals surface area contributed by atoms with Crippen LogP contribution in [-0.2, 0) is 11.3 Å². The molecule has 2 N–H and O–H groups in total. The minimum absolute atomic E-state index is 0.218. The third-order valence-electron chi connectivity index (χ3n) is 5.70. The molecule has 0 aliphatic rings. The summed E-state index contributed by atoms with van der Waals surface area (Å²) < 4.78 is 10.7. The first-order valence-electron chi connectivity index (χ1n) is 10.5. The zero-order chi connectivity index (χ0) is 22.8. The molecule has 4 rings (SSSR count). The smallest absolute Gasteiger partial charge is 0.407 e. The molecule has 0 fully saturated rings. The van der Waals surface area contributed by atoms with Crippen LogP contribution in [0.25, 0.3) is 21.8 Å². The van der Waals surface area contributed by atoms with E-state index in [0.717, 1.165) is 50.1 Å². The van der Waals surface area contributed by atoms with Gasteiger partial charge >= 0.3 is 6.09 Å². The fraction of sp³-hybridized carbons (Fsp3) is 0.231. The Kier molecular flexibility index (Phi) is 5.86. The van der Waals surface area contributed by atoms with Gasteiger partial charge in [0.1, 0.15) is 12.4 Å². The van der Waals surface area contributed by atoms with Crippen LogP contribution in [0.1, 0.15) is 22.3 Å². The highest BCUT2D eigenvalue weighted by atomic mass is 16.5.